The van der Waals surface area contributed by atoms with Gasteiger partial charge in [-0.1, -0.05) is 23.9 Å². The summed E-state index contributed by atoms with van der Waals surface area (Å²) >= 11 is 1.43. The van der Waals surface area contributed by atoms with Crippen LogP contribution in [0, 0.1) is 5.92 Å². The van der Waals surface area contributed by atoms with Gasteiger partial charge in [-0.25, -0.2) is 0 Å². The third-order valence-corrected chi connectivity index (χ3v) is 6.47. The Morgan fingerprint density at radius 1 is 1.36 bits per heavy atom. The largest absolute Gasteiger partial charge is 0.497 e. The number of likely N-dealkylation sites (tertiary alicyclic amines) is 1. The lowest BCUT2D eigenvalue weighted by Crippen LogP contribution is -2.43. The van der Waals surface area contributed by atoms with Crippen molar-refractivity contribution >= 4 is 17.7 Å². The van der Waals surface area contributed by atoms with Crippen LogP contribution >= 0.6 is 11.8 Å². The van der Waals surface area contributed by atoms with Gasteiger partial charge >= 0.3 is 0 Å². The number of amides is 1. The van der Waals surface area contributed by atoms with Crippen LogP contribution in [0.4, 0.5) is 0 Å². The van der Waals surface area contributed by atoms with E-state index in [9.17, 15) is 4.79 Å². The van der Waals surface area contributed by atoms with Crippen LogP contribution in [0.15, 0.2) is 35.7 Å². The Kier molecular flexibility index (Phi) is 6.96. The number of piperidine rings is 1. The van der Waals surface area contributed by atoms with Crippen LogP contribution in [-0.4, -0.2) is 58.1 Å². The van der Waals surface area contributed by atoms with Gasteiger partial charge in [0.15, 0.2) is 5.16 Å². The van der Waals surface area contributed by atoms with Gasteiger partial charge in [-0.3, -0.25) is 9.69 Å². The average Bonchev–Trinajstić information content (AvgIpc) is 3.10. The van der Waals surface area contributed by atoms with Gasteiger partial charge < -0.3 is 14.6 Å². The molecule has 28 heavy (non-hydrogen) atoms. The van der Waals surface area contributed by atoms with Gasteiger partial charge in [0.1, 0.15) is 12.1 Å². The van der Waals surface area contributed by atoms with Crippen molar-refractivity contribution in [2.75, 3.05) is 27.2 Å². The third-order valence-electron chi connectivity index (χ3n) is 5.32. The van der Waals surface area contributed by atoms with E-state index in [4.69, 9.17) is 4.74 Å². The zero-order chi connectivity index (χ0) is 20.1. The third kappa shape index (κ3) is 4.86. The van der Waals surface area contributed by atoms with Gasteiger partial charge in [-0.05, 0) is 57.0 Å². The molecular weight excluding hydrogens is 374 g/mol. The molecule has 1 N–H and O–H groups in total. The molecule has 1 fully saturated rings. The maximum absolute atomic E-state index is 12.6. The van der Waals surface area contributed by atoms with Crippen molar-refractivity contribution in [3.63, 3.8) is 0 Å². The number of hydrogen-bond acceptors (Lipinski definition) is 6. The first-order chi connectivity index (χ1) is 13.5. The van der Waals surface area contributed by atoms with E-state index >= 15 is 0 Å². The van der Waals surface area contributed by atoms with E-state index < -0.39 is 0 Å². The highest BCUT2D eigenvalue weighted by Crippen LogP contribution is 2.35. The monoisotopic (exact) mass is 403 g/mol. The van der Waals surface area contributed by atoms with Gasteiger partial charge in [-0.2, -0.15) is 0 Å². The molecule has 2 heterocycles. The van der Waals surface area contributed by atoms with E-state index in [1.165, 1.54) is 17.3 Å². The van der Waals surface area contributed by atoms with Crippen LogP contribution in [0.3, 0.4) is 0 Å². The Labute approximate surface area is 170 Å². The van der Waals surface area contributed by atoms with Crippen LogP contribution in [0.5, 0.6) is 5.75 Å². The molecule has 2 aromatic rings. The summed E-state index contributed by atoms with van der Waals surface area (Å²) < 4.78 is 7.11. The number of nitrogens with zero attached hydrogens (tertiary/aromatic N) is 4. The van der Waals surface area contributed by atoms with Crippen molar-refractivity contribution in [1.29, 1.82) is 0 Å². The van der Waals surface area contributed by atoms with Gasteiger partial charge in [0, 0.05) is 19.6 Å². The first-order valence-electron chi connectivity index (χ1n) is 9.62. The maximum Gasteiger partial charge on any atom is 0.233 e. The number of carbonyl (C=O) groups excluding carboxylic acids is 1. The number of carbonyl (C=O) groups is 1. The molecule has 3 atom stereocenters. The maximum atomic E-state index is 12.6. The van der Waals surface area contributed by atoms with Crippen molar-refractivity contribution < 1.29 is 9.53 Å². The number of benzene rings is 1. The Bertz CT molecular complexity index is 779. The topological polar surface area (TPSA) is 72.3 Å². The minimum absolute atomic E-state index is 0.0368. The van der Waals surface area contributed by atoms with Gasteiger partial charge in [-0.15, -0.1) is 10.2 Å². The van der Waals surface area contributed by atoms with Crippen LogP contribution < -0.4 is 10.1 Å². The second-order valence-electron chi connectivity index (χ2n) is 7.33. The minimum atomic E-state index is -0.219. The van der Waals surface area contributed by atoms with Gasteiger partial charge in [0.05, 0.1) is 12.4 Å². The number of aryl methyl sites for hydroxylation is 1. The summed E-state index contributed by atoms with van der Waals surface area (Å²) in [6, 6.07) is 8.57. The first-order valence-corrected chi connectivity index (χ1v) is 10.5. The Morgan fingerprint density at radius 2 is 2.11 bits per heavy atom. The molecule has 1 saturated heterocycles. The molecule has 1 aliphatic rings. The predicted octanol–water partition coefficient (Wildman–Crippen LogP) is 2.50. The van der Waals surface area contributed by atoms with Crippen molar-refractivity contribution in [2.45, 2.75) is 36.2 Å². The smallest absolute Gasteiger partial charge is 0.233 e. The summed E-state index contributed by atoms with van der Waals surface area (Å²) in [5.74, 6) is 1.28. The number of ether oxygens (including phenoxy) is 1. The molecule has 1 aromatic heterocycles. The average molecular weight is 404 g/mol. The summed E-state index contributed by atoms with van der Waals surface area (Å²) in [6.07, 6.45) is 3.89. The molecule has 0 aliphatic carbocycles. The lowest BCUT2D eigenvalue weighted by molar-refractivity contribution is -0.120. The van der Waals surface area contributed by atoms with E-state index in [0.717, 1.165) is 30.3 Å². The number of rotatable bonds is 7. The summed E-state index contributed by atoms with van der Waals surface area (Å²) in [5.41, 5.74) is 1.27. The van der Waals surface area contributed by atoms with E-state index in [1.54, 1.807) is 13.4 Å². The number of aromatic nitrogens is 3. The molecule has 1 aromatic carbocycles. The second kappa shape index (κ2) is 9.43. The van der Waals surface area contributed by atoms with Gasteiger partial charge in [0.25, 0.3) is 0 Å². The summed E-state index contributed by atoms with van der Waals surface area (Å²) in [4.78, 5) is 15.0. The quantitative estimate of drug-likeness (QED) is 0.716. The normalized spacial score (nSPS) is 21.3. The van der Waals surface area contributed by atoms with E-state index in [0.29, 0.717) is 18.5 Å². The highest BCUT2D eigenvalue weighted by atomic mass is 32.2. The Balaban J connectivity index is 1.61. The lowest BCUT2D eigenvalue weighted by atomic mass is 9.85. The van der Waals surface area contributed by atoms with Crippen molar-refractivity contribution in [1.82, 2.24) is 25.0 Å². The van der Waals surface area contributed by atoms with Gasteiger partial charge in [0.2, 0.25) is 5.91 Å². The fourth-order valence-corrected chi connectivity index (χ4v) is 4.58. The molecular formula is C20H29N5O2S. The summed E-state index contributed by atoms with van der Waals surface area (Å²) in [7, 11) is 5.72. The molecule has 0 saturated carbocycles. The van der Waals surface area contributed by atoms with E-state index in [1.807, 2.05) is 30.7 Å². The molecule has 0 radical (unpaired) electrons. The standard InChI is InChI=1S/C20H29N5O2S/c1-14(28-20-23-22-13-25(20)3)19(26)21-12-16-6-5-11-24(2)18(16)15-7-9-17(27-4)10-8-15/h7-10,13-14,16,18H,5-6,11-12H2,1-4H3,(H,21,26). The van der Waals surface area contributed by atoms with Crippen LogP contribution in [0.2, 0.25) is 0 Å². The van der Waals surface area contributed by atoms with E-state index in [2.05, 4.69) is 39.6 Å². The Morgan fingerprint density at radius 3 is 2.75 bits per heavy atom. The second-order valence-corrected chi connectivity index (χ2v) is 8.64. The molecule has 3 rings (SSSR count). The predicted molar refractivity (Wildman–Crippen MR) is 110 cm³/mol. The highest BCUT2D eigenvalue weighted by Gasteiger charge is 2.31. The zero-order valence-corrected chi connectivity index (χ0v) is 17.8. The lowest BCUT2D eigenvalue weighted by Gasteiger charge is -2.39. The molecule has 3 unspecified atom stereocenters. The minimum Gasteiger partial charge on any atom is -0.497 e. The highest BCUT2D eigenvalue weighted by molar-refractivity contribution is 8.00. The zero-order valence-electron chi connectivity index (χ0n) is 17.0. The summed E-state index contributed by atoms with van der Waals surface area (Å²) in [5, 5.41) is 11.6. The molecule has 0 spiro atoms. The first kappa shape index (κ1) is 20.7. The van der Waals surface area contributed by atoms with Crippen molar-refractivity contribution in [3.05, 3.63) is 36.2 Å². The number of hydrogen-bond donors (Lipinski definition) is 1. The molecule has 0 bridgehead atoms. The number of methoxy groups -OCH3 is 1. The van der Waals surface area contributed by atoms with Crippen molar-refractivity contribution in [3.8, 4) is 5.75 Å². The molecule has 7 nitrogen and oxygen atoms in total. The SMILES string of the molecule is COc1ccc(C2C(CNC(=O)C(C)Sc3nncn3C)CCCN2C)cc1. The van der Waals surface area contributed by atoms with Crippen LogP contribution in [0.1, 0.15) is 31.4 Å². The fraction of sp³-hybridized carbons (Fsp3) is 0.550. The van der Waals surface area contributed by atoms with Crippen LogP contribution in [0.25, 0.3) is 0 Å². The molecule has 8 heteroatoms. The Hall–Kier alpha value is -2.06. The molecule has 1 amide bonds. The van der Waals surface area contributed by atoms with E-state index in [-0.39, 0.29) is 11.2 Å². The fourth-order valence-electron chi connectivity index (χ4n) is 3.77. The molecule has 152 valence electrons. The summed E-state index contributed by atoms with van der Waals surface area (Å²) in [6.45, 7) is 3.64. The number of thioether (sulfide) groups is 1. The number of nitrogens with one attached hydrogen (secondary N) is 1. The van der Waals surface area contributed by atoms with Crippen molar-refractivity contribution in [2.24, 2.45) is 13.0 Å². The van der Waals surface area contributed by atoms with Crippen LogP contribution in [-0.2, 0) is 11.8 Å². The molecule has 1 aliphatic heterocycles.